The van der Waals surface area contributed by atoms with Crippen molar-refractivity contribution in [3.05, 3.63) is 59.2 Å². The number of halogens is 2. The molecule has 0 radical (unpaired) electrons. The monoisotopic (exact) mass is 464 g/mol. The van der Waals surface area contributed by atoms with Gasteiger partial charge in [-0.3, -0.25) is 14.4 Å². The van der Waals surface area contributed by atoms with E-state index in [0.29, 0.717) is 0 Å². The SMILES string of the molecule is O=C(O)CN(CCCNC(=O)c1ccc(B(O)O)cc1F)C(=O)c1ccc(B(O)O)cc1F. The van der Waals surface area contributed by atoms with Crippen molar-refractivity contribution in [2.24, 2.45) is 0 Å². The van der Waals surface area contributed by atoms with Crippen LogP contribution in [0.2, 0.25) is 0 Å². The van der Waals surface area contributed by atoms with Gasteiger partial charge in [-0.05, 0) is 41.6 Å². The Labute approximate surface area is 187 Å². The van der Waals surface area contributed by atoms with E-state index in [-0.39, 0.29) is 36.0 Å². The summed E-state index contributed by atoms with van der Waals surface area (Å²) in [5.41, 5.74) is -1.16. The van der Waals surface area contributed by atoms with E-state index in [2.05, 4.69) is 5.32 Å². The first-order chi connectivity index (χ1) is 15.5. The number of aliphatic carboxylic acids is 1. The van der Waals surface area contributed by atoms with Crippen LogP contribution in [0, 0.1) is 11.6 Å². The predicted molar refractivity (Wildman–Crippen MR) is 113 cm³/mol. The average molecular weight is 464 g/mol. The van der Waals surface area contributed by atoms with Crippen LogP contribution in [0.25, 0.3) is 0 Å². The lowest BCUT2D eigenvalue weighted by Crippen LogP contribution is -2.39. The minimum atomic E-state index is -1.95. The zero-order valence-electron chi connectivity index (χ0n) is 17.1. The molecule has 0 atom stereocenters. The first-order valence-electron chi connectivity index (χ1n) is 9.61. The van der Waals surface area contributed by atoms with E-state index in [0.717, 1.165) is 41.3 Å². The van der Waals surface area contributed by atoms with Gasteiger partial charge in [-0.15, -0.1) is 0 Å². The summed E-state index contributed by atoms with van der Waals surface area (Å²) >= 11 is 0. The molecule has 0 unspecified atom stereocenters. The number of nitrogens with one attached hydrogen (secondary N) is 1. The van der Waals surface area contributed by atoms with Gasteiger partial charge in [-0.25, -0.2) is 8.78 Å². The molecule has 2 aromatic rings. The van der Waals surface area contributed by atoms with Crippen molar-refractivity contribution in [3.63, 3.8) is 0 Å². The van der Waals surface area contributed by atoms with Crippen molar-refractivity contribution in [1.82, 2.24) is 10.2 Å². The molecule has 2 amide bonds. The molecule has 2 rings (SSSR count). The zero-order chi connectivity index (χ0) is 24.7. The Morgan fingerprint density at radius 3 is 1.85 bits per heavy atom. The van der Waals surface area contributed by atoms with Crippen molar-refractivity contribution in [3.8, 4) is 0 Å². The minimum absolute atomic E-state index is 0.0505. The quantitative estimate of drug-likeness (QED) is 0.168. The molecule has 10 nitrogen and oxygen atoms in total. The predicted octanol–water partition coefficient (Wildman–Crippen LogP) is -2.33. The molecular formula is C19H20B2F2N2O8. The highest BCUT2D eigenvalue weighted by Gasteiger charge is 2.23. The van der Waals surface area contributed by atoms with Crippen LogP contribution in [0.1, 0.15) is 27.1 Å². The summed E-state index contributed by atoms with van der Waals surface area (Å²) in [6.45, 7) is -1.02. The van der Waals surface area contributed by atoms with Gasteiger partial charge in [0, 0.05) is 13.1 Å². The fourth-order valence-electron chi connectivity index (χ4n) is 2.89. The van der Waals surface area contributed by atoms with Crippen LogP contribution < -0.4 is 16.2 Å². The summed E-state index contributed by atoms with van der Waals surface area (Å²) in [4.78, 5) is 36.6. The maximum atomic E-state index is 14.2. The first-order valence-corrected chi connectivity index (χ1v) is 9.61. The standard InChI is InChI=1S/C19H20B2F2N2O8/c22-15-8-11(20(30)31)2-4-13(15)18(28)24-6-1-7-25(10-17(26)27)19(29)14-5-3-12(21(32)33)9-16(14)23/h2-5,8-9,30-33H,1,6-7,10H2,(H,24,28)(H,26,27). The molecule has 174 valence electrons. The summed E-state index contributed by atoms with van der Waals surface area (Å²) < 4.78 is 28.2. The van der Waals surface area contributed by atoms with Crippen molar-refractivity contribution < 1.29 is 48.4 Å². The summed E-state index contributed by atoms with van der Waals surface area (Å²) in [6.07, 6.45) is 0.0505. The summed E-state index contributed by atoms with van der Waals surface area (Å²) in [5.74, 6) is -5.17. The molecule has 6 N–H and O–H groups in total. The molecule has 0 aliphatic carbocycles. The molecule has 33 heavy (non-hydrogen) atoms. The number of rotatable bonds is 10. The Hall–Kier alpha value is -3.32. The average Bonchev–Trinajstić information content (AvgIpc) is 2.74. The minimum Gasteiger partial charge on any atom is -0.480 e. The summed E-state index contributed by atoms with van der Waals surface area (Å²) in [5, 5.41) is 47.6. The smallest absolute Gasteiger partial charge is 0.480 e. The number of hydrogen-bond acceptors (Lipinski definition) is 7. The van der Waals surface area contributed by atoms with E-state index in [4.69, 9.17) is 25.2 Å². The van der Waals surface area contributed by atoms with E-state index < -0.39 is 55.8 Å². The number of carboxylic acids is 1. The van der Waals surface area contributed by atoms with Gasteiger partial charge < -0.3 is 35.4 Å². The Bertz CT molecular complexity index is 1040. The second kappa shape index (κ2) is 11.5. The third-order valence-corrected chi connectivity index (χ3v) is 4.56. The van der Waals surface area contributed by atoms with Gasteiger partial charge in [0.1, 0.15) is 18.2 Å². The molecular weight excluding hydrogens is 444 g/mol. The molecule has 0 aromatic heterocycles. The van der Waals surface area contributed by atoms with Crippen molar-refractivity contribution in [2.45, 2.75) is 6.42 Å². The van der Waals surface area contributed by atoms with Crippen molar-refractivity contribution in [2.75, 3.05) is 19.6 Å². The third-order valence-electron chi connectivity index (χ3n) is 4.56. The van der Waals surface area contributed by atoms with Crippen LogP contribution in [0.4, 0.5) is 8.78 Å². The van der Waals surface area contributed by atoms with Crippen LogP contribution in [0.5, 0.6) is 0 Å². The van der Waals surface area contributed by atoms with Crippen LogP contribution in [0.3, 0.4) is 0 Å². The molecule has 0 saturated carbocycles. The second-order valence-corrected chi connectivity index (χ2v) is 6.96. The van der Waals surface area contributed by atoms with Gasteiger partial charge in [0.25, 0.3) is 11.8 Å². The molecule has 0 saturated heterocycles. The highest BCUT2D eigenvalue weighted by Crippen LogP contribution is 2.10. The van der Waals surface area contributed by atoms with Crippen LogP contribution in [0.15, 0.2) is 36.4 Å². The van der Waals surface area contributed by atoms with Gasteiger partial charge in [0.15, 0.2) is 0 Å². The van der Waals surface area contributed by atoms with E-state index in [1.54, 1.807) is 0 Å². The summed E-state index contributed by atoms with van der Waals surface area (Å²) in [6, 6.07) is 5.87. The number of hydrogen-bond donors (Lipinski definition) is 6. The van der Waals surface area contributed by atoms with E-state index in [1.165, 1.54) is 0 Å². The zero-order valence-corrected chi connectivity index (χ0v) is 17.1. The van der Waals surface area contributed by atoms with Crippen molar-refractivity contribution in [1.29, 1.82) is 0 Å². The number of carboxylic acid groups (broad SMARTS) is 1. The third kappa shape index (κ3) is 7.08. The Balaban J connectivity index is 2.00. The van der Waals surface area contributed by atoms with Gasteiger partial charge >= 0.3 is 20.2 Å². The molecule has 0 fully saturated rings. The Kier molecular flexibility index (Phi) is 9.05. The number of benzene rings is 2. The lowest BCUT2D eigenvalue weighted by Gasteiger charge is -2.21. The number of nitrogens with zero attached hydrogens (tertiary/aromatic N) is 1. The molecule has 0 aliphatic heterocycles. The number of amides is 2. The van der Waals surface area contributed by atoms with Crippen LogP contribution in [-0.4, -0.2) is 81.8 Å². The highest BCUT2D eigenvalue weighted by molar-refractivity contribution is 6.59. The van der Waals surface area contributed by atoms with Gasteiger partial charge in [0.05, 0.1) is 11.1 Å². The largest absolute Gasteiger partial charge is 0.488 e. The second-order valence-electron chi connectivity index (χ2n) is 6.96. The maximum Gasteiger partial charge on any atom is 0.488 e. The molecule has 14 heteroatoms. The Morgan fingerprint density at radius 2 is 1.39 bits per heavy atom. The van der Waals surface area contributed by atoms with Gasteiger partial charge in [-0.2, -0.15) is 0 Å². The molecule has 0 heterocycles. The lowest BCUT2D eigenvalue weighted by molar-refractivity contribution is -0.137. The fraction of sp³-hybridized carbons (Fsp3) is 0.211. The number of carbonyl (C=O) groups excluding carboxylic acids is 2. The molecule has 0 bridgehead atoms. The highest BCUT2D eigenvalue weighted by atomic mass is 19.1. The Morgan fingerprint density at radius 1 is 0.879 bits per heavy atom. The van der Waals surface area contributed by atoms with E-state index in [9.17, 15) is 23.2 Å². The first kappa shape index (κ1) is 25.9. The topological polar surface area (TPSA) is 168 Å². The summed E-state index contributed by atoms with van der Waals surface area (Å²) in [7, 11) is -3.85. The normalized spacial score (nSPS) is 10.5. The maximum absolute atomic E-state index is 14.2. The lowest BCUT2D eigenvalue weighted by atomic mass is 9.80. The van der Waals surface area contributed by atoms with Crippen molar-refractivity contribution >= 4 is 42.9 Å². The van der Waals surface area contributed by atoms with Gasteiger partial charge in [-0.1, -0.05) is 12.1 Å². The molecule has 0 aliphatic rings. The van der Waals surface area contributed by atoms with Crippen LogP contribution in [-0.2, 0) is 4.79 Å². The molecule has 0 spiro atoms. The number of carbonyl (C=O) groups is 3. The van der Waals surface area contributed by atoms with Gasteiger partial charge in [0.2, 0.25) is 0 Å². The van der Waals surface area contributed by atoms with E-state index in [1.807, 2.05) is 0 Å². The van der Waals surface area contributed by atoms with Crippen LogP contribution >= 0.6 is 0 Å². The molecule has 2 aromatic carbocycles. The van der Waals surface area contributed by atoms with E-state index >= 15 is 0 Å². The fourth-order valence-corrected chi connectivity index (χ4v) is 2.89.